The van der Waals surface area contributed by atoms with Gasteiger partial charge in [0.2, 0.25) is 5.95 Å². The molecule has 0 radical (unpaired) electrons. The third-order valence-electron chi connectivity index (χ3n) is 3.44. The number of aromatic nitrogens is 2. The zero-order chi connectivity index (χ0) is 14.3. The van der Waals surface area contributed by atoms with E-state index in [9.17, 15) is 8.78 Å². The SMILES string of the molecule is CC(c1ccccc1F)n1c(N)nc2c(F)cccc21. The molecule has 3 rings (SSSR count). The molecule has 1 heterocycles. The number of hydrogen-bond donors (Lipinski definition) is 1. The van der Waals surface area contributed by atoms with E-state index >= 15 is 0 Å². The largest absolute Gasteiger partial charge is 0.369 e. The lowest BCUT2D eigenvalue weighted by atomic mass is 10.1. The van der Waals surface area contributed by atoms with Crippen LogP contribution in [0.4, 0.5) is 14.7 Å². The summed E-state index contributed by atoms with van der Waals surface area (Å²) in [5.74, 6) is -0.591. The number of rotatable bonds is 2. The van der Waals surface area contributed by atoms with E-state index in [-0.39, 0.29) is 23.3 Å². The van der Waals surface area contributed by atoms with Crippen molar-refractivity contribution >= 4 is 17.0 Å². The van der Waals surface area contributed by atoms with Crippen LogP contribution in [0, 0.1) is 11.6 Å². The van der Waals surface area contributed by atoms with Gasteiger partial charge in [-0.25, -0.2) is 13.8 Å². The smallest absolute Gasteiger partial charge is 0.201 e. The minimum Gasteiger partial charge on any atom is -0.369 e. The summed E-state index contributed by atoms with van der Waals surface area (Å²) in [6.45, 7) is 1.81. The van der Waals surface area contributed by atoms with Crippen molar-refractivity contribution < 1.29 is 8.78 Å². The number of benzene rings is 2. The van der Waals surface area contributed by atoms with Crippen molar-refractivity contribution in [1.29, 1.82) is 0 Å². The fraction of sp³-hybridized carbons (Fsp3) is 0.133. The van der Waals surface area contributed by atoms with Gasteiger partial charge in [0.15, 0.2) is 5.82 Å². The van der Waals surface area contributed by atoms with Gasteiger partial charge in [-0.3, -0.25) is 0 Å². The highest BCUT2D eigenvalue weighted by atomic mass is 19.1. The van der Waals surface area contributed by atoms with Crippen LogP contribution in [0.15, 0.2) is 42.5 Å². The van der Waals surface area contributed by atoms with Gasteiger partial charge in [-0.1, -0.05) is 24.3 Å². The topological polar surface area (TPSA) is 43.8 Å². The van der Waals surface area contributed by atoms with Gasteiger partial charge in [0.25, 0.3) is 0 Å². The summed E-state index contributed by atoms with van der Waals surface area (Å²) in [4.78, 5) is 4.03. The van der Waals surface area contributed by atoms with Crippen LogP contribution in [0.25, 0.3) is 11.0 Å². The lowest BCUT2D eigenvalue weighted by Crippen LogP contribution is -2.11. The molecule has 2 aromatic carbocycles. The van der Waals surface area contributed by atoms with Crippen molar-refractivity contribution in [3.63, 3.8) is 0 Å². The Morgan fingerprint density at radius 3 is 2.50 bits per heavy atom. The first-order valence-corrected chi connectivity index (χ1v) is 6.26. The standard InChI is InChI=1S/C15H13F2N3/c1-9(10-5-2-3-6-11(10)16)20-13-8-4-7-12(17)14(13)19-15(20)18/h2-9H,1H3,(H2,18,19). The third kappa shape index (κ3) is 1.82. The Morgan fingerprint density at radius 2 is 1.75 bits per heavy atom. The molecular weight excluding hydrogens is 260 g/mol. The van der Waals surface area contributed by atoms with Gasteiger partial charge in [-0.05, 0) is 25.1 Å². The van der Waals surface area contributed by atoms with Gasteiger partial charge in [-0.2, -0.15) is 0 Å². The maximum absolute atomic E-state index is 13.9. The predicted octanol–water partition coefficient (Wildman–Crippen LogP) is 3.51. The van der Waals surface area contributed by atoms with Gasteiger partial charge in [0, 0.05) is 5.56 Å². The Morgan fingerprint density at radius 1 is 1.05 bits per heavy atom. The normalized spacial score (nSPS) is 12.8. The molecule has 0 aliphatic carbocycles. The zero-order valence-electron chi connectivity index (χ0n) is 10.8. The Balaban J connectivity index is 2.22. The minimum atomic E-state index is -0.436. The van der Waals surface area contributed by atoms with Crippen molar-refractivity contribution in [2.24, 2.45) is 0 Å². The number of fused-ring (bicyclic) bond motifs is 1. The molecule has 20 heavy (non-hydrogen) atoms. The van der Waals surface area contributed by atoms with E-state index in [1.165, 1.54) is 12.1 Å². The third-order valence-corrected chi connectivity index (χ3v) is 3.44. The van der Waals surface area contributed by atoms with Crippen molar-refractivity contribution in [2.45, 2.75) is 13.0 Å². The number of nitrogen functional groups attached to an aromatic ring is 1. The fourth-order valence-corrected chi connectivity index (χ4v) is 2.46. The summed E-state index contributed by atoms with van der Waals surface area (Å²) in [5.41, 5.74) is 7.12. The first-order valence-electron chi connectivity index (χ1n) is 6.26. The van der Waals surface area contributed by atoms with Crippen LogP contribution in [0.3, 0.4) is 0 Å². The van der Waals surface area contributed by atoms with E-state index < -0.39 is 5.82 Å². The van der Waals surface area contributed by atoms with Crippen molar-refractivity contribution in [3.05, 3.63) is 59.7 Å². The van der Waals surface area contributed by atoms with Crippen LogP contribution < -0.4 is 5.73 Å². The molecule has 0 saturated heterocycles. The van der Waals surface area contributed by atoms with Gasteiger partial charge in [0.1, 0.15) is 11.3 Å². The van der Waals surface area contributed by atoms with E-state index in [0.29, 0.717) is 11.1 Å². The number of para-hydroxylation sites is 1. The number of imidazole rings is 1. The first kappa shape index (κ1) is 12.6. The highest BCUT2D eigenvalue weighted by Crippen LogP contribution is 2.29. The van der Waals surface area contributed by atoms with Gasteiger partial charge in [-0.15, -0.1) is 0 Å². The van der Waals surface area contributed by atoms with Crippen LogP contribution in [-0.2, 0) is 0 Å². The number of nitrogens with two attached hydrogens (primary N) is 1. The van der Waals surface area contributed by atoms with E-state index in [2.05, 4.69) is 4.98 Å². The fourth-order valence-electron chi connectivity index (χ4n) is 2.46. The molecule has 0 fully saturated rings. The van der Waals surface area contributed by atoms with E-state index in [1.54, 1.807) is 41.8 Å². The maximum atomic E-state index is 13.9. The maximum Gasteiger partial charge on any atom is 0.201 e. The summed E-state index contributed by atoms with van der Waals surface area (Å²) in [5, 5.41) is 0. The Bertz CT molecular complexity index is 780. The van der Waals surface area contributed by atoms with Crippen LogP contribution in [0.2, 0.25) is 0 Å². The molecular formula is C15H13F2N3. The molecule has 0 amide bonds. The number of halogens is 2. The molecule has 102 valence electrons. The van der Waals surface area contributed by atoms with Crippen molar-refractivity contribution in [2.75, 3.05) is 5.73 Å². The molecule has 1 aromatic heterocycles. The average molecular weight is 273 g/mol. The molecule has 5 heteroatoms. The second-order valence-electron chi connectivity index (χ2n) is 4.65. The van der Waals surface area contributed by atoms with Gasteiger partial charge in [0.05, 0.1) is 11.6 Å². The summed E-state index contributed by atoms with van der Waals surface area (Å²) in [6, 6.07) is 10.7. The lowest BCUT2D eigenvalue weighted by molar-refractivity contribution is 0.567. The number of anilines is 1. The average Bonchev–Trinajstić information content (AvgIpc) is 2.76. The predicted molar refractivity (Wildman–Crippen MR) is 74.3 cm³/mol. The van der Waals surface area contributed by atoms with Crippen LogP contribution in [-0.4, -0.2) is 9.55 Å². The highest BCUT2D eigenvalue weighted by molar-refractivity contribution is 5.79. The monoisotopic (exact) mass is 273 g/mol. The first-order chi connectivity index (χ1) is 9.59. The zero-order valence-corrected chi connectivity index (χ0v) is 10.8. The molecule has 2 N–H and O–H groups in total. The van der Waals surface area contributed by atoms with Crippen LogP contribution in [0.1, 0.15) is 18.5 Å². The Labute approximate surface area is 114 Å². The molecule has 0 spiro atoms. The Kier molecular flexibility index (Phi) is 2.89. The molecule has 0 aliphatic rings. The number of hydrogen-bond acceptors (Lipinski definition) is 2. The molecule has 0 aliphatic heterocycles. The molecule has 0 saturated carbocycles. The van der Waals surface area contributed by atoms with Crippen molar-refractivity contribution in [3.8, 4) is 0 Å². The Hall–Kier alpha value is -2.43. The lowest BCUT2D eigenvalue weighted by Gasteiger charge is -2.17. The van der Waals surface area contributed by atoms with E-state index in [1.807, 2.05) is 0 Å². The summed E-state index contributed by atoms with van der Waals surface area (Å²) < 4.78 is 29.2. The summed E-state index contributed by atoms with van der Waals surface area (Å²) in [6.07, 6.45) is 0. The molecule has 0 bridgehead atoms. The number of nitrogens with zero attached hydrogens (tertiary/aromatic N) is 2. The second kappa shape index (κ2) is 4.59. The minimum absolute atomic E-state index is 0.167. The van der Waals surface area contributed by atoms with Crippen LogP contribution >= 0.6 is 0 Å². The molecule has 3 nitrogen and oxygen atoms in total. The summed E-state index contributed by atoms with van der Waals surface area (Å²) >= 11 is 0. The molecule has 1 unspecified atom stereocenters. The van der Waals surface area contributed by atoms with Crippen molar-refractivity contribution in [1.82, 2.24) is 9.55 Å². The molecule has 3 aromatic rings. The van der Waals surface area contributed by atoms with E-state index in [4.69, 9.17) is 5.73 Å². The highest BCUT2D eigenvalue weighted by Gasteiger charge is 2.19. The second-order valence-corrected chi connectivity index (χ2v) is 4.65. The molecule has 1 atom stereocenters. The summed E-state index contributed by atoms with van der Waals surface area (Å²) in [7, 11) is 0. The van der Waals surface area contributed by atoms with Crippen LogP contribution in [0.5, 0.6) is 0 Å². The van der Waals surface area contributed by atoms with Gasteiger partial charge >= 0.3 is 0 Å². The quantitative estimate of drug-likeness (QED) is 0.776. The van der Waals surface area contributed by atoms with E-state index in [0.717, 1.165) is 0 Å². The van der Waals surface area contributed by atoms with Gasteiger partial charge < -0.3 is 10.3 Å².